The fourth-order valence-corrected chi connectivity index (χ4v) is 2.55. The van der Waals surface area contributed by atoms with Gasteiger partial charge in [0.1, 0.15) is 9.84 Å². The number of carbonyl (C=O) groups excluding carboxylic acids is 1. The second kappa shape index (κ2) is 5.45. The zero-order valence-electron chi connectivity index (χ0n) is 9.16. The molecule has 1 aliphatic rings. The predicted octanol–water partition coefficient (Wildman–Crippen LogP) is 1.88. The summed E-state index contributed by atoms with van der Waals surface area (Å²) in [6.45, 7) is 1.64. The molecule has 0 aromatic carbocycles. The summed E-state index contributed by atoms with van der Waals surface area (Å²) in [7, 11) is -2.91. The lowest BCUT2D eigenvalue weighted by Crippen LogP contribution is -2.10. The van der Waals surface area contributed by atoms with Gasteiger partial charge in [0.2, 0.25) is 0 Å². The summed E-state index contributed by atoms with van der Waals surface area (Å²) in [6, 6.07) is 0. The van der Waals surface area contributed by atoms with E-state index in [0.29, 0.717) is 12.8 Å². The predicted molar refractivity (Wildman–Crippen MR) is 60.5 cm³/mol. The number of hydrogen-bond acceptors (Lipinski definition) is 3. The van der Waals surface area contributed by atoms with Crippen LogP contribution in [-0.4, -0.2) is 25.7 Å². The number of carbonyl (C=O) groups is 1. The van der Waals surface area contributed by atoms with E-state index in [1.807, 2.05) is 6.08 Å². The summed E-state index contributed by atoms with van der Waals surface area (Å²) >= 11 is 0. The topological polar surface area (TPSA) is 51.2 Å². The average molecular weight is 230 g/mol. The number of ketones is 1. The first-order chi connectivity index (χ1) is 7.05. The average Bonchev–Trinajstić information content (AvgIpc) is 2.70. The van der Waals surface area contributed by atoms with Gasteiger partial charge in [-0.3, -0.25) is 4.79 Å². The van der Waals surface area contributed by atoms with Gasteiger partial charge in [-0.1, -0.05) is 13.0 Å². The van der Waals surface area contributed by atoms with E-state index in [1.165, 1.54) is 0 Å². The second-order valence-corrected chi connectivity index (χ2v) is 6.36. The minimum atomic E-state index is -2.91. The number of rotatable bonds is 6. The van der Waals surface area contributed by atoms with Crippen LogP contribution < -0.4 is 0 Å². The van der Waals surface area contributed by atoms with Crippen molar-refractivity contribution < 1.29 is 13.2 Å². The zero-order valence-corrected chi connectivity index (χ0v) is 9.98. The van der Waals surface area contributed by atoms with Crippen molar-refractivity contribution in [1.29, 1.82) is 0 Å². The van der Waals surface area contributed by atoms with Crippen molar-refractivity contribution in [2.75, 3.05) is 11.5 Å². The molecule has 0 unspecified atom stereocenters. The number of allylic oxidation sites excluding steroid dienone is 2. The van der Waals surface area contributed by atoms with Gasteiger partial charge in [-0.25, -0.2) is 8.42 Å². The molecule has 0 aromatic rings. The minimum absolute atomic E-state index is 0.138. The number of sulfone groups is 1. The Bertz CT molecular complexity index is 352. The van der Waals surface area contributed by atoms with Gasteiger partial charge in [0.25, 0.3) is 0 Å². The highest BCUT2D eigenvalue weighted by Gasteiger charge is 2.14. The summed E-state index contributed by atoms with van der Waals surface area (Å²) in [5, 5.41) is 0. The standard InChI is InChI=1S/C11H18O3S/c1-2-15(13,14)9-5-8-11(12)10-6-3-4-7-10/h6H,2-5,7-9H2,1H3. The van der Waals surface area contributed by atoms with Gasteiger partial charge in [0.15, 0.2) is 5.78 Å². The quantitative estimate of drug-likeness (QED) is 0.700. The Hall–Kier alpha value is -0.640. The van der Waals surface area contributed by atoms with Gasteiger partial charge in [-0.05, 0) is 31.3 Å². The van der Waals surface area contributed by atoms with E-state index < -0.39 is 9.84 Å². The molecule has 4 heteroatoms. The van der Waals surface area contributed by atoms with Crippen LogP contribution in [0.3, 0.4) is 0 Å². The molecule has 0 atom stereocenters. The highest BCUT2D eigenvalue weighted by Crippen LogP contribution is 2.20. The Morgan fingerprint density at radius 1 is 1.47 bits per heavy atom. The lowest BCUT2D eigenvalue weighted by molar-refractivity contribution is -0.115. The summed E-state index contributed by atoms with van der Waals surface area (Å²) in [5.74, 6) is 0.450. The largest absolute Gasteiger partial charge is 0.295 e. The molecule has 15 heavy (non-hydrogen) atoms. The maximum absolute atomic E-state index is 11.6. The van der Waals surface area contributed by atoms with Crippen LogP contribution in [0.2, 0.25) is 0 Å². The maximum atomic E-state index is 11.6. The van der Waals surface area contributed by atoms with Crippen LogP contribution in [-0.2, 0) is 14.6 Å². The molecule has 0 N–H and O–H groups in total. The lowest BCUT2D eigenvalue weighted by atomic mass is 10.1. The van der Waals surface area contributed by atoms with E-state index in [1.54, 1.807) is 6.92 Å². The molecule has 3 nitrogen and oxygen atoms in total. The van der Waals surface area contributed by atoms with Crippen molar-refractivity contribution in [3.05, 3.63) is 11.6 Å². The summed E-state index contributed by atoms with van der Waals surface area (Å²) in [6.07, 6.45) is 5.76. The van der Waals surface area contributed by atoms with Crippen molar-refractivity contribution in [3.63, 3.8) is 0 Å². The fraction of sp³-hybridized carbons (Fsp3) is 0.727. The molecule has 1 rings (SSSR count). The van der Waals surface area contributed by atoms with Crippen molar-refractivity contribution in [2.24, 2.45) is 0 Å². The third-order valence-corrected chi connectivity index (χ3v) is 4.49. The third kappa shape index (κ3) is 4.16. The van der Waals surface area contributed by atoms with Crippen LogP contribution in [0.25, 0.3) is 0 Å². The SMILES string of the molecule is CCS(=O)(=O)CCCC(=O)C1=CCCC1. The highest BCUT2D eigenvalue weighted by molar-refractivity contribution is 7.91. The van der Waals surface area contributed by atoms with E-state index in [-0.39, 0.29) is 17.3 Å². The van der Waals surface area contributed by atoms with Gasteiger partial charge < -0.3 is 0 Å². The van der Waals surface area contributed by atoms with Crippen LogP contribution in [0.15, 0.2) is 11.6 Å². The molecule has 0 spiro atoms. The molecule has 0 aliphatic heterocycles. The first-order valence-corrected chi connectivity index (χ1v) is 7.30. The molecular formula is C11H18O3S. The molecule has 0 amide bonds. The molecule has 0 bridgehead atoms. The molecule has 0 saturated heterocycles. The second-order valence-electron chi connectivity index (χ2n) is 3.88. The van der Waals surface area contributed by atoms with Crippen LogP contribution >= 0.6 is 0 Å². The van der Waals surface area contributed by atoms with E-state index >= 15 is 0 Å². The molecule has 0 heterocycles. The normalized spacial score (nSPS) is 16.5. The smallest absolute Gasteiger partial charge is 0.158 e. The lowest BCUT2D eigenvalue weighted by Gasteiger charge is -2.02. The third-order valence-electron chi connectivity index (χ3n) is 2.70. The van der Waals surface area contributed by atoms with Gasteiger partial charge in [-0.15, -0.1) is 0 Å². The fourth-order valence-electron chi connectivity index (χ4n) is 1.68. The van der Waals surface area contributed by atoms with Gasteiger partial charge >= 0.3 is 0 Å². The molecule has 1 aliphatic carbocycles. The molecule has 0 fully saturated rings. The van der Waals surface area contributed by atoms with E-state index in [9.17, 15) is 13.2 Å². The van der Waals surface area contributed by atoms with Crippen LogP contribution in [0, 0.1) is 0 Å². The summed E-state index contributed by atoms with van der Waals surface area (Å²) in [4.78, 5) is 11.6. The Balaban J connectivity index is 2.29. The number of Topliss-reactive ketones (excluding diaryl/α,β-unsaturated/α-hetero) is 1. The zero-order chi connectivity index (χ0) is 11.3. The first kappa shape index (κ1) is 12.4. The summed E-state index contributed by atoms with van der Waals surface area (Å²) < 4.78 is 22.4. The van der Waals surface area contributed by atoms with Crippen LogP contribution in [0.5, 0.6) is 0 Å². The Morgan fingerprint density at radius 3 is 2.73 bits per heavy atom. The highest BCUT2D eigenvalue weighted by atomic mass is 32.2. The summed E-state index contributed by atoms with van der Waals surface area (Å²) in [5.41, 5.74) is 0.906. The van der Waals surface area contributed by atoms with Crippen molar-refractivity contribution in [1.82, 2.24) is 0 Å². The molecule has 0 saturated carbocycles. The van der Waals surface area contributed by atoms with Crippen molar-refractivity contribution >= 4 is 15.6 Å². The first-order valence-electron chi connectivity index (χ1n) is 5.48. The Kier molecular flexibility index (Phi) is 4.51. The van der Waals surface area contributed by atoms with Gasteiger partial charge in [0.05, 0.1) is 5.75 Å². The Morgan fingerprint density at radius 2 is 2.20 bits per heavy atom. The molecular weight excluding hydrogens is 212 g/mol. The van der Waals surface area contributed by atoms with Gasteiger partial charge in [-0.2, -0.15) is 0 Å². The van der Waals surface area contributed by atoms with Crippen LogP contribution in [0.1, 0.15) is 39.0 Å². The monoisotopic (exact) mass is 230 g/mol. The van der Waals surface area contributed by atoms with Crippen LogP contribution in [0.4, 0.5) is 0 Å². The maximum Gasteiger partial charge on any atom is 0.158 e. The van der Waals surface area contributed by atoms with Gasteiger partial charge in [0, 0.05) is 12.2 Å². The minimum Gasteiger partial charge on any atom is -0.295 e. The molecule has 86 valence electrons. The molecule has 0 radical (unpaired) electrons. The number of hydrogen-bond donors (Lipinski definition) is 0. The van der Waals surface area contributed by atoms with E-state index in [2.05, 4.69) is 0 Å². The van der Waals surface area contributed by atoms with E-state index in [0.717, 1.165) is 24.8 Å². The van der Waals surface area contributed by atoms with Crippen molar-refractivity contribution in [3.8, 4) is 0 Å². The van der Waals surface area contributed by atoms with E-state index in [4.69, 9.17) is 0 Å². The van der Waals surface area contributed by atoms with Crippen molar-refractivity contribution in [2.45, 2.75) is 39.0 Å². The molecule has 0 aromatic heterocycles. The Labute approximate surface area is 91.5 Å².